The number of benzene rings is 1. The van der Waals surface area contributed by atoms with Crippen LogP contribution in [0.3, 0.4) is 0 Å². The summed E-state index contributed by atoms with van der Waals surface area (Å²) < 4.78 is 0. The molecule has 26 heavy (non-hydrogen) atoms. The summed E-state index contributed by atoms with van der Waals surface area (Å²) in [6.45, 7) is 13.3. The molecule has 2 amide bonds. The maximum absolute atomic E-state index is 13.1. The van der Waals surface area contributed by atoms with E-state index < -0.39 is 0 Å². The number of hydrogen-bond acceptors (Lipinski definition) is 3. The van der Waals surface area contributed by atoms with Gasteiger partial charge in [-0.2, -0.15) is 0 Å². The number of rotatable bonds is 2. The van der Waals surface area contributed by atoms with Crippen molar-refractivity contribution in [3.63, 3.8) is 0 Å². The molecule has 0 aliphatic carbocycles. The summed E-state index contributed by atoms with van der Waals surface area (Å²) >= 11 is 0. The number of hydrogen-bond donors (Lipinski definition) is 2. The Morgan fingerprint density at radius 3 is 2.00 bits per heavy atom. The molecule has 1 aliphatic heterocycles. The van der Waals surface area contributed by atoms with Crippen LogP contribution in [-0.2, 0) is 15.6 Å². The lowest BCUT2D eigenvalue weighted by molar-refractivity contribution is -0.123. The summed E-state index contributed by atoms with van der Waals surface area (Å²) in [7, 11) is 0. The van der Waals surface area contributed by atoms with Gasteiger partial charge < -0.3 is 15.7 Å². The summed E-state index contributed by atoms with van der Waals surface area (Å²) in [4.78, 5) is 26.2. The molecule has 0 atom stereocenters. The van der Waals surface area contributed by atoms with Crippen LogP contribution in [0.5, 0.6) is 5.75 Å². The summed E-state index contributed by atoms with van der Waals surface area (Å²) in [5, 5.41) is 10.8. The predicted molar refractivity (Wildman–Crippen MR) is 103 cm³/mol. The molecule has 2 rings (SSSR count). The molecule has 1 aliphatic rings. The number of phenols is 1. The Balaban J connectivity index is 2.42. The highest BCUT2D eigenvalue weighted by atomic mass is 16.3. The van der Waals surface area contributed by atoms with Crippen molar-refractivity contribution in [2.24, 2.45) is 11.7 Å². The minimum atomic E-state index is -0.301. The highest BCUT2D eigenvalue weighted by molar-refractivity contribution is 5.98. The first-order valence-corrected chi connectivity index (χ1v) is 9.29. The van der Waals surface area contributed by atoms with Gasteiger partial charge in [0.25, 0.3) is 5.91 Å². The van der Waals surface area contributed by atoms with Gasteiger partial charge in [-0.25, -0.2) is 0 Å². The van der Waals surface area contributed by atoms with Gasteiger partial charge >= 0.3 is 0 Å². The van der Waals surface area contributed by atoms with Gasteiger partial charge in [0.15, 0.2) is 0 Å². The third-order valence-corrected chi connectivity index (χ3v) is 5.20. The van der Waals surface area contributed by atoms with Crippen LogP contribution in [0.1, 0.15) is 75.9 Å². The first kappa shape index (κ1) is 20.3. The van der Waals surface area contributed by atoms with E-state index in [1.807, 2.05) is 32.9 Å². The van der Waals surface area contributed by atoms with Crippen LogP contribution < -0.4 is 5.73 Å². The largest absolute Gasteiger partial charge is 0.507 e. The highest BCUT2D eigenvalue weighted by Crippen LogP contribution is 2.38. The molecular weight excluding hydrogens is 328 g/mol. The van der Waals surface area contributed by atoms with Gasteiger partial charge in [0.1, 0.15) is 5.75 Å². The molecule has 0 spiro atoms. The van der Waals surface area contributed by atoms with Crippen molar-refractivity contribution < 1.29 is 14.7 Å². The molecule has 1 aromatic carbocycles. The number of nitrogens with zero attached hydrogens (tertiary/aromatic N) is 1. The maximum Gasteiger partial charge on any atom is 0.257 e. The Labute approximate surface area is 156 Å². The van der Waals surface area contributed by atoms with Crippen molar-refractivity contribution in [2.45, 2.75) is 65.2 Å². The molecule has 1 aromatic rings. The fraction of sp³-hybridized carbons (Fsp3) is 0.619. The van der Waals surface area contributed by atoms with Crippen LogP contribution in [0.2, 0.25) is 0 Å². The number of piperidine rings is 1. The lowest BCUT2D eigenvalue weighted by atomic mass is 9.78. The number of likely N-dealkylation sites (tertiary alicyclic amines) is 1. The molecule has 0 radical (unpaired) electrons. The Morgan fingerprint density at radius 2 is 1.58 bits per heavy atom. The molecule has 5 nitrogen and oxygen atoms in total. The number of amides is 2. The van der Waals surface area contributed by atoms with E-state index in [1.165, 1.54) is 0 Å². The minimum absolute atomic E-state index is 0.0625. The average molecular weight is 360 g/mol. The zero-order chi connectivity index (χ0) is 19.9. The number of phenolic OH excluding ortho intramolecular Hbond substituents is 1. The Hall–Kier alpha value is -2.04. The molecule has 0 bridgehead atoms. The first-order valence-electron chi connectivity index (χ1n) is 9.29. The summed E-state index contributed by atoms with van der Waals surface area (Å²) in [6.07, 6.45) is 1.15. The normalized spacial score (nSPS) is 16.6. The van der Waals surface area contributed by atoms with E-state index in [-0.39, 0.29) is 34.3 Å². The fourth-order valence-electron chi connectivity index (χ4n) is 3.34. The number of primary amides is 1. The molecule has 144 valence electrons. The van der Waals surface area contributed by atoms with Crippen molar-refractivity contribution in [3.8, 4) is 5.75 Å². The topological polar surface area (TPSA) is 83.6 Å². The van der Waals surface area contributed by atoms with Crippen LogP contribution in [0.4, 0.5) is 0 Å². The number of carbonyl (C=O) groups is 2. The number of carbonyl (C=O) groups excluding carboxylic acids is 2. The van der Waals surface area contributed by atoms with E-state index in [2.05, 4.69) is 20.8 Å². The van der Waals surface area contributed by atoms with Crippen LogP contribution in [0, 0.1) is 5.92 Å². The van der Waals surface area contributed by atoms with E-state index in [9.17, 15) is 14.7 Å². The second-order valence-electron chi connectivity index (χ2n) is 9.39. The fourth-order valence-corrected chi connectivity index (χ4v) is 3.34. The van der Waals surface area contributed by atoms with Crippen LogP contribution in [0.25, 0.3) is 0 Å². The van der Waals surface area contributed by atoms with E-state index in [0.717, 1.165) is 11.1 Å². The molecule has 1 saturated heterocycles. The van der Waals surface area contributed by atoms with Gasteiger partial charge in [0, 0.05) is 24.6 Å². The monoisotopic (exact) mass is 360 g/mol. The van der Waals surface area contributed by atoms with Crippen LogP contribution >= 0.6 is 0 Å². The standard InChI is InChI=1S/C21H32N2O3/c1-20(2,3)14-11-15(17(24)16(12-14)21(4,5)6)19(26)23-9-7-13(8-10-23)18(22)25/h11-13,24H,7-10H2,1-6H3,(H2,22,25). The van der Waals surface area contributed by atoms with Crippen LogP contribution in [0.15, 0.2) is 12.1 Å². The van der Waals surface area contributed by atoms with Crippen molar-refractivity contribution in [1.29, 1.82) is 0 Å². The molecule has 0 aromatic heterocycles. The Bertz CT molecular complexity index is 703. The molecule has 0 unspecified atom stereocenters. The van der Waals surface area contributed by atoms with Gasteiger partial charge in [-0.1, -0.05) is 47.6 Å². The lowest BCUT2D eigenvalue weighted by Crippen LogP contribution is -2.42. The van der Waals surface area contributed by atoms with Crippen molar-refractivity contribution in [2.75, 3.05) is 13.1 Å². The Morgan fingerprint density at radius 1 is 1.04 bits per heavy atom. The summed E-state index contributed by atoms with van der Waals surface area (Å²) in [5.41, 5.74) is 7.11. The second-order valence-corrected chi connectivity index (χ2v) is 9.39. The third kappa shape index (κ3) is 4.19. The van der Waals surface area contributed by atoms with Gasteiger partial charge in [-0.05, 0) is 35.3 Å². The number of aromatic hydroxyl groups is 1. The molecule has 0 saturated carbocycles. The molecular formula is C21H32N2O3. The molecule has 3 N–H and O–H groups in total. The van der Waals surface area contributed by atoms with E-state index in [0.29, 0.717) is 31.5 Å². The van der Waals surface area contributed by atoms with Crippen molar-refractivity contribution in [1.82, 2.24) is 4.90 Å². The first-order chi connectivity index (χ1) is 11.8. The smallest absolute Gasteiger partial charge is 0.257 e. The van der Waals surface area contributed by atoms with Gasteiger partial charge in [-0.3, -0.25) is 9.59 Å². The zero-order valence-corrected chi connectivity index (χ0v) is 16.8. The second kappa shape index (κ2) is 6.93. The summed E-state index contributed by atoms with van der Waals surface area (Å²) in [6, 6.07) is 3.82. The zero-order valence-electron chi connectivity index (χ0n) is 16.8. The highest BCUT2D eigenvalue weighted by Gasteiger charge is 2.31. The maximum atomic E-state index is 13.1. The molecule has 1 fully saturated rings. The summed E-state index contributed by atoms with van der Waals surface area (Å²) in [5.74, 6) is -0.585. The molecule has 1 heterocycles. The quantitative estimate of drug-likeness (QED) is 0.848. The lowest BCUT2D eigenvalue weighted by Gasteiger charge is -2.32. The van der Waals surface area contributed by atoms with E-state index in [1.54, 1.807) is 4.90 Å². The van der Waals surface area contributed by atoms with E-state index >= 15 is 0 Å². The SMILES string of the molecule is CC(C)(C)c1cc(C(=O)N2CCC(C(N)=O)CC2)c(O)c(C(C)(C)C)c1. The third-order valence-electron chi connectivity index (χ3n) is 5.20. The van der Waals surface area contributed by atoms with Crippen LogP contribution in [-0.4, -0.2) is 34.9 Å². The number of nitrogens with two attached hydrogens (primary N) is 1. The predicted octanol–water partition coefficient (Wildman–Crippen LogP) is 3.32. The van der Waals surface area contributed by atoms with Gasteiger partial charge in [0.05, 0.1) is 5.56 Å². The van der Waals surface area contributed by atoms with Gasteiger partial charge in [-0.15, -0.1) is 0 Å². The van der Waals surface area contributed by atoms with Crippen molar-refractivity contribution in [3.05, 3.63) is 28.8 Å². The van der Waals surface area contributed by atoms with Crippen molar-refractivity contribution >= 4 is 11.8 Å². The molecule has 5 heteroatoms. The average Bonchev–Trinajstić information content (AvgIpc) is 2.52. The Kier molecular flexibility index (Phi) is 5.41. The van der Waals surface area contributed by atoms with E-state index in [4.69, 9.17) is 5.73 Å². The van der Waals surface area contributed by atoms with Gasteiger partial charge in [0.2, 0.25) is 5.91 Å². The minimum Gasteiger partial charge on any atom is -0.507 e.